The molecule has 0 aromatic rings. The first-order valence-electron chi connectivity index (χ1n) is 3.82. The summed E-state index contributed by atoms with van der Waals surface area (Å²) in [5.74, 6) is 0. The highest BCUT2D eigenvalue weighted by molar-refractivity contribution is 5.67. The SMILES string of the molecule is C=CCOC(=O)NCCCC. The molecule has 0 spiro atoms. The van der Waals surface area contributed by atoms with E-state index in [9.17, 15) is 4.79 Å². The van der Waals surface area contributed by atoms with Gasteiger partial charge in [-0.1, -0.05) is 26.0 Å². The highest BCUT2D eigenvalue weighted by atomic mass is 16.5. The summed E-state index contributed by atoms with van der Waals surface area (Å²) in [6.07, 6.45) is 3.24. The van der Waals surface area contributed by atoms with Crippen LogP contribution >= 0.6 is 0 Å². The summed E-state index contributed by atoms with van der Waals surface area (Å²) in [5.41, 5.74) is 0. The number of amides is 1. The van der Waals surface area contributed by atoms with Crippen molar-refractivity contribution in [3.05, 3.63) is 12.7 Å². The van der Waals surface area contributed by atoms with Crippen LogP contribution in [0.3, 0.4) is 0 Å². The Morgan fingerprint density at radius 1 is 1.73 bits per heavy atom. The predicted molar refractivity (Wildman–Crippen MR) is 44.5 cm³/mol. The van der Waals surface area contributed by atoms with Crippen LogP contribution in [0.25, 0.3) is 0 Å². The number of hydrogen-bond donors (Lipinski definition) is 1. The minimum absolute atomic E-state index is 0.276. The third-order valence-electron chi connectivity index (χ3n) is 1.13. The lowest BCUT2D eigenvalue weighted by molar-refractivity contribution is 0.158. The molecule has 11 heavy (non-hydrogen) atoms. The Bertz CT molecular complexity index is 123. The lowest BCUT2D eigenvalue weighted by Gasteiger charge is -2.02. The maximum Gasteiger partial charge on any atom is 0.407 e. The Morgan fingerprint density at radius 2 is 2.45 bits per heavy atom. The van der Waals surface area contributed by atoms with Crippen molar-refractivity contribution in [1.82, 2.24) is 5.32 Å². The maximum atomic E-state index is 10.7. The molecule has 0 aromatic heterocycles. The molecule has 0 saturated carbocycles. The molecule has 0 radical (unpaired) electrons. The van der Waals surface area contributed by atoms with Crippen LogP contribution < -0.4 is 5.32 Å². The van der Waals surface area contributed by atoms with Crippen molar-refractivity contribution in [2.24, 2.45) is 0 Å². The Morgan fingerprint density at radius 3 is 3.00 bits per heavy atom. The van der Waals surface area contributed by atoms with Crippen LogP contribution in [0.1, 0.15) is 19.8 Å². The fourth-order valence-electron chi connectivity index (χ4n) is 0.553. The van der Waals surface area contributed by atoms with E-state index < -0.39 is 0 Å². The molecular weight excluding hydrogens is 142 g/mol. The van der Waals surface area contributed by atoms with Gasteiger partial charge in [-0.15, -0.1) is 0 Å². The summed E-state index contributed by atoms with van der Waals surface area (Å²) in [6.45, 7) is 6.45. The number of unbranched alkanes of at least 4 members (excludes halogenated alkanes) is 1. The largest absolute Gasteiger partial charge is 0.445 e. The number of carbonyl (C=O) groups excluding carboxylic acids is 1. The van der Waals surface area contributed by atoms with Crippen molar-refractivity contribution >= 4 is 6.09 Å². The second-order valence-corrected chi connectivity index (χ2v) is 2.17. The van der Waals surface area contributed by atoms with Crippen LogP contribution in [0.15, 0.2) is 12.7 Å². The quantitative estimate of drug-likeness (QED) is 0.487. The highest BCUT2D eigenvalue weighted by Crippen LogP contribution is 1.84. The van der Waals surface area contributed by atoms with E-state index in [1.807, 2.05) is 0 Å². The van der Waals surface area contributed by atoms with Crippen molar-refractivity contribution in [2.45, 2.75) is 19.8 Å². The van der Waals surface area contributed by atoms with Crippen molar-refractivity contribution < 1.29 is 9.53 Å². The van der Waals surface area contributed by atoms with E-state index >= 15 is 0 Å². The molecule has 0 bridgehead atoms. The van der Waals surface area contributed by atoms with Crippen LogP contribution in [-0.4, -0.2) is 19.2 Å². The van der Waals surface area contributed by atoms with Gasteiger partial charge in [0.1, 0.15) is 6.61 Å². The van der Waals surface area contributed by atoms with Gasteiger partial charge in [-0.2, -0.15) is 0 Å². The average molecular weight is 157 g/mol. The Labute approximate surface area is 67.4 Å². The molecule has 0 rings (SSSR count). The standard InChI is InChI=1S/C8H15NO2/c1-3-5-6-9-8(10)11-7-4-2/h4H,2-3,5-7H2,1H3,(H,9,10). The van der Waals surface area contributed by atoms with Crippen molar-refractivity contribution in [3.8, 4) is 0 Å². The first-order chi connectivity index (χ1) is 5.31. The van der Waals surface area contributed by atoms with E-state index in [0.29, 0.717) is 6.54 Å². The number of nitrogens with one attached hydrogen (secondary N) is 1. The minimum atomic E-state index is -0.363. The van der Waals surface area contributed by atoms with Gasteiger partial charge in [0, 0.05) is 6.54 Å². The monoisotopic (exact) mass is 157 g/mol. The first-order valence-corrected chi connectivity index (χ1v) is 3.82. The highest BCUT2D eigenvalue weighted by Gasteiger charge is 1.96. The molecule has 0 aliphatic rings. The molecule has 0 atom stereocenters. The summed E-state index contributed by atoms with van der Waals surface area (Å²) in [5, 5.41) is 2.61. The maximum absolute atomic E-state index is 10.7. The van der Waals surface area contributed by atoms with E-state index in [1.165, 1.54) is 0 Å². The topological polar surface area (TPSA) is 38.3 Å². The molecule has 3 heteroatoms. The molecule has 1 N–H and O–H groups in total. The second-order valence-electron chi connectivity index (χ2n) is 2.17. The van der Waals surface area contributed by atoms with Crippen LogP contribution in [0, 0.1) is 0 Å². The van der Waals surface area contributed by atoms with Gasteiger partial charge in [0.05, 0.1) is 0 Å². The van der Waals surface area contributed by atoms with Gasteiger partial charge in [0.25, 0.3) is 0 Å². The summed E-state index contributed by atoms with van der Waals surface area (Å²) in [7, 11) is 0. The summed E-state index contributed by atoms with van der Waals surface area (Å²) >= 11 is 0. The molecule has 0 aromatic carbocycles. The predicted octanol–water partition coefficient (Wildman–Crippen LogP) is 1.70. The lowest BCUT2D eigenvalue weighted by atomic mass is 10.3. The molecule has 0 aliphatic heterocycles. The van der Waals surface area contributed by atoms with Gasteiger partial charge >= 0.3 is 6.09 Å². The van der Waals surface area contributed by atoms with Gasteiger partial charge in [-0.05, 0) is 6.42 Å². The normalized spacial score (nSPS) is 8.82. The Kier molecular flexibility index (Phi) is 6.48. The number of alkyl carbamates (subject to hydrolysis) is 1. The van der Waals surface area contributed by atoms with Crippen LogP contribution in [0.5, 0.6) is 0 Å². The van der Waals surface area contributed by atoms with E-state index in [4.69, 9.17) is 0 Å². The third kappa shape index (κ3) is 6.90. The molecule has 0 fully saturated rings. The second kappa shape index (κ2) is 7.12. The molecule has 3 nitrogen and oxygen atoms in total. The number of rotatable bonds is 5. The Hall–Kier alpha value is -0.990. The van der Waals surface area contributed by atoms with Crippen molar-refractivity contribution in [2.75, 3.05) is 13.2 Å². The minimum Gasteiger partial charge on any atom is -0.445 e. The summed E-state index contributed by atoms with van der Waals surface area (Å²) in [4.78, 5) is 10.7. The van der Waals surface area contributed by atoms with Crippen LogP contribution in [0.2, 0.25) is 0 Å². The van der Waals surface area contributed by atoms with E-state index in [1.54, 1.807) is 6.08 Å². The van der Waals surface area contributed by atoms with Crippen molar-refractivity contribution in [3.63, 3.8) is 0 Å². The molecule has 0 unspecified atom stereocenters. The molecule has 0 heterocycles. The van der Waals surface area contributed by atoms with Gasteiger partial charge in [-0.25, -0.2) is 4.79 Å². The van der Waals surface area contributed by atoms with Crippen LogP contribution in [-0.2, 0) is 4.74 Å². The summed E-state index contributed by atoms with van der Waals surface area (Å²) < 4.78 is 4.67. The lowest BCUT2D eigenvalue weighted by Crippen LogP contribution is -2.25. The third-order valence-corrected chi connectivity index (χ3v) is 1.13. The fraction of sp³-hybridized carbons (Fsp3) is 0.625. The zero-order valence-corrected chi connectivity index (χ0v) is 6.93. The average Bonchev–Trinajstić information content (AvgIpc) is 2.01. The molecule has 1 amide bonds. The van der Waals surface area contributed by atoms with Gasteiger partial charge in [-0.3, -0.25) is 0 Å². The molecule has 0 aliphatic carbocycles. The van der Waals surface area contributed by atoms with E-state index in [0.717, 1.165) is 12.8 Å². The summed E-state index contributed by atoms with van der Waals surface area (Å²) in [6, 6.07) is 0. The number of hydrogen-bond acceptors (Lipinski definition) is 2. The van der Waals surface area contributed by atoms with E-state index in [-0.39, 0.29) is 12.7 Å². The Balaban J connectivity index is 3.15. The molecule has 64 valence electrons. The van der Waals surface area contributed by atoms with Gasteiger partial charge in [0.15, 0.2) is 0 Å². The van der Waals surface area contributed by atoms with Gasteiger partial charge < -0.3 is 10.1 Å². The van der Waals surface area contributed by atoms with Crippen molar-refractivity contribution in [1.29, 1.82) is 0 Å². The van der Waals surface area contributed by atoms with E-state index in [2.05, 4.69) is 23.6 Å². The number of carbonyl (C=O) groups is 1. The van der Waals surface area contributed by atoms with Crippen LogP contribution in [0.4, 0.5) is 4.79 Å². The smallest absolute Gasteiger partial charge is 0.407 e. The molecular formula is C8H15NO2. The molecule has 0 saturated heterocycles. The first kappa shape index (κ1) is 10.0. The van der Waals surface area contributed by atoms with Gasteiger partial charge in [0.2, 0.25) is 0 Å². The zero-order valence-electron chi connectivity index (χ0n) is 6.93. The number of ether oxygens (including phenoxy) is 1. The fourth-order valence-corrected chi connectivity index (χ4v) is 0.553. The zero-order chi connectivity index (χ0) is 8.53.